The summed E-state index contributed by atoms with van der Waals surface area (Å²) in [5, 5.41) is 0.453. The molecule has 0 aromatic heterocycles. The average Bonchev–Trinajstić information content (AvgIpc) is 2.20. The number of hydrogen-bond acceptors (Lipinski definition) is 0. The van der Waals surface area contributed by atoms with Crippen molar-refractivity contribution in [1.29, 1.82) is 0 Å². The first-order valence-electron chi connectivity index (χ1n) is 7.37. The fourth-order valence-electron chi connectivity index (χ4n) is 2.38. The Balaban J connectivity index is 4.20. The first kappa shape index (κ1) is 16.1. The Morgan fingerprint density at radius 3 is 1.69 bits per heavy atom. The van der Waals surface area contributed by atoms with Gasteiger partial charge in [-0.3, -0.25) is 0 Å². The summed E-state index contributed by atoms with van der Waals surface area (Å²) in [4.78, 5) is 0. The van der Waals surface area contributed by atoms with Gasteiger partial charge in [0.25, 0.3) is 0 Å². The smallest absolute Gasteiger partial charge is 0.0667 e. The molecule has 0 bridgehead atoms. The third kappa shape index (κ3) is 5.41. The quantitative estimate of drug-likeness (QED) is 0.382. The Labute approximate surface area is 105 Å². The van der Waals surface area contributed by atoms with Crippen LogP contribution in [-0.2, 0) is 0 Å². The Bertz CT molecular complexity index is 169. The summed E-state index contributed by atoms with van der Waals surface area (Å²) < 4.78 is 0. The van der Waals surface area contributed by atoms with Gasteiger partial charge < -0.3 is 0 Å². The van der Waals surface area contributed by atoms with Crippen molar-refractivity contribution in [3.8, 4) is 0 Å². The standard InChI is InChI=1S/C15H33B/c1-6-8-10-11-13-15(5,12-9-7-2)14(3,4)16/h6-13,16H2,1-5H3. The van der Waals surface area contributed by atoms with E-state index in [-0.39, 0.29) is 0 Å². The first-order chi connectivity index (χ1) is 7.37. The molecule has 96 valence electrons. The highest BCUT2D eigenvalue weighted by atomic mass is 14.4. The molecule has 0 aliphatic rings. The highest BCUT2D eigenvalue weighted by Crippen LogP contribution is 2.49. The minimum atomic E-state index is 0.453. The zero-order chi connectivity index (χ0) is 12.7. The summed E-state index contributed by atoms with van der Waals surface area (Å²) in [6.07, 6.45) is 11.1. The highest BCUT2D eigenvalue weighted by molar-refractivity contribution is 6.15. The van der Waals surface area contributed by atoms with Gasteiger partial charge in [-0.05, 0) is 18.3 Å². The maximum Gasteiger partial charge on any atom is 0.109 e. The van der Waals surface area contributed by atoms with Crippen molar-refractivity contribution in [1.82, 2.24) is 0 Å². The SMILES string of the molecule is BC(C)(C)C(C)(CCCC)CCCCCC. The molecule has 0 saturated heterocycles. The lowest BCUT2D eigenvalue weighted by Crippen LogP contribution is -2.30. The summed E-state index contributed by atoms with van der Waals surface area (Å²) >= 11 is 0. The number of unbranched alkanes of at least 4 members (excludes halogenated alkanes) is 4. The van der Waals surface area contributed by atoms with E-state index >= 15 is 0 Å². The highest BCUT2D eigenvalue weighted by Gasteiger charge is 2.35. The normalized spacial score (nSPS) is 16.1. The minimum absolute atomic E-state index is 0.453. The maximum atomic E-state index is 2.51. The lowest BCUT2D eigenvalue weighted by atomic mass is 9.52. The molecule has 0 heterocycles. The van der Waals surface area contributed by atoms with Crippen LogP contribution in [0.5, 0.6) is 0 Å². The van der Waals surface area contributed by atoms with Crippen LogP contribution in [0.2, 0.25) is 5.31 Å². The fourth-order valence-corrected chi connectivity index (χ4v) is 2.38. The maximum absolute atomic E-state index is 2.51. The van der Waals surface area contributed by atoms with Gasteiger partial charge in [-0.25, -0.2) is 0 Å². The largest absolute Gasteiger partial charge is 0.109 e. The van der Waals surface area contributed by atoms with Crippen LogP contribution in [0.3, 0.4) is 0 Å². The topological polar surface area (TPSA) is 0 Å². The monoisotopic (exact) mass is 224 g/mol. The van der Waals surface area contributed by atoms with Crippen LogP contribution < -0.4 is 0 Å². The lowest BCUT2D eigenvalue weighted by molar-refractivity contribution is 0.184. The molecule has 1 unspecified atom stereocenters. The molecule has 0 fully saturated rings. The van der Waals surface area contributed by atoms with Gasteiger partial charge in [0, 0.05) is 0 Å². The molecule has 0 nitrogen and oxygen atoms in total. The van der Waals surface area contributed by atoms with Crippen LogP contribution in [0.15, 0.2) is 0 Å². The second kappa shape index (κ2) is 7.40. The van der Waals surface area contributed by atoms with Crippen molar-refractivity contribution in [2.24, 2.45) is 5.41 Å². The molecular formula is C15H33B. The van der Waals surface area contributed by atoms with Crippen LogP contribution >= 0.6 is 0 Å². The van der Waals surface area contributed by atoms with Crippen molar-refractivity contribution < 1.29 is 0 Å². The number of hydrogen-bond donors (Lipinski definition) is 0. The average molecular weight is 224 g/mol. The van der Waals surface area contributed by atoms with Gasteiger partial charge in [-0.2, -0.15) is 0 Å². The van der Waals surface area contributed by atoms with Crippen LogP contribution in [0.4, 0.5) is 0 Å². The molecule has 0 aliphatic heterocycles. The van der Waals surface area contributed by atoms with E-state index in [0.29, 0.717) is 10.7 Å². The predicted molar refractivity (Wildman–Crippen MR) is 79.0 cm³/mol. The van der Waals surface area contributed by atoms with Gasteiger partial charge in [0.15, 0.2) is 0 Å². The molecular weight excluding hydrogens is 191 g/mol. The van der Waals surface area contributed by atoms with E-state index in [1.807, 2.05) is 0 Å². The molecule has 0 rings (SSSR count). The van der Waals surface area contributed by atoms with Crippen LogP contribution in [0.25, 0.3) is 0 Å². The fraction of sp³-hybridized carbons (Fsp3) is 1.00. The second-order valence-corrected chi connectivity index (χ2v) is 6.72. The summed E-state index contributed by atoms with van der Waals surface area (Å²) in [7, 11) is 2.42. The lowest BCUT2D eigenvalue weighted by Gasteiger charge is -2.43. The van der Waals surface area contributed by atoms with E-state index in [2.05, 4.69) is 42.5 Å². The van der Waals surface area contributed by atoms with E-state index in [0.717, 1.165) is 0 Å². The van der Waals surface area contributed by atoms with E-state index in [1.54, 1.807) is 0 Å². The Kier molecular flexibility index (Phi) is 7.43. The van der Waals surface area contributed by atoms with Crippen molar-refractivity contribution in [3.63, 3.8) is 0 Å². The van der Waals surface area contributed by atoms with Gasteiger partial charge in [-0.1, -0.05) is 78.5 Å². The van der Waals surface area contributed by atoms with E-state index in [4.69, 9.17) is 0 Å². The minimum Gasteiger partial charge on any atom is -0.0667 e. The zero-order valence-corrected chi connectivity index (χ0v) is 12.7. The molecule has 0 aliphatic carbocycles. The van der Waals surface area contributed by atoms with Crippen LogP contribution in [-0.4, -0.2) is 7.85 Å². The molecule has 0 spiro atoms. The van der Waals surface area contributed by atoms with E-state index < -0.39 is 0 Å². The van der Waals surface area contributed by atoms with Crippen LogP contribution in [0.1, 0.15) is 86.0 Å². The first-order valence-corrected chi connectivity index (χ1v) is 7.37. The van der Waals surface area contributed by atoms with Gasteiger partial charge in [0.05, 0.1) is 0 Å². The van der Waals surface area contributed by atoms with Crippen molar-refractivity contribution in [3.05, 3.63) is 0 Å². The summed E-state index contributed by atoms with van der Waals surface area (Å²) in [6.45, 7) is 11.9. The molecule has 0 radical (unpaired) electrons. The molecule has 1 atom stereocenters. The molecule has 0 saturated carbocycles. The molecule has 0 aromatic rings. The van der Waals surface area contributed by atoms with Crippen molar-refractivity contribution in [2.75, 3.05) is 0 Å². The summed E-state index contributed by atoms with van der Waals surface area (Å²) in [6, 6.07) is 0. The van der Waals surface area contributed by atoms with Crippen molar-refractivity contribution >= 4 is 7.85 Å². The molecule has 16 heavy (non-hydrogen) atoms. The Hall–Kier alpha value is 0.0649. The third-order valence-corrected chi connectivity index (χ3v) is 4.47. The van der Waals surface area contributed by atoms with Gasteiger partial charge in [-0.15, -0.1) is 0 Å². The van der Waals surface area contributed by atoms with Gasteiger partial charge in [0.2, 0.25) is 0 Å². The second-order valence-electron chi connectivity index (χ2n) is 6.72. The number of rotatable bonds is 9. The van der Waals surface area contributed by atoms with Crippen LogP contribution in [0, 0.1) is 5.41 Å². The van der Waals surface area contributed by atoms with E-state index in [1.165, 1.54) is 51.4 Å². The van der Waals surface area contributed by atoms with Gasteiger partial charge >= 0.3 is 0 Å². The summed E-state index contributed by atoms with van der Waals surface area (Å²) in [5.41, 5.74) is 0.538. The predicted octanol–water partition coefficient (Wildman–Crippen LogP) is 4.98. The molecule has 1 heteroatoms. The van der Waals surface area contributed by atoms with Gasteiger partial charge in [0.1, 0.15) is 7.85 Å². The zero-order valence-electron chi connectivity index (χ0n) is 12.7. The molecule has 0 aromatic carbocycles. The van der Waals surface area contributed by atoms with E-state index in [9.17, 15) is 0 Å². The summed E-state index contributed by atoms with van der Waals surface area (Å²) in [5.74, 6) is 0. The third-order valence-electron chi connectivity index (χ3n) is 4.47. The molecule has 0 amide bonds. The van der Waals surface area contributed by atoms with Crippen molar-refractivity contribution in [2.45, 2.75) is 91.3 Å². The Morgan fingerprint density at radius 2 is 1.25 bits per heavy atom. The molecule has 0 N–H and O–H groups in total. The Morgan fingerprint density at radius 1 is 0.750 bits per heavy atom.